The Labute approximate surface area is 335 Å². The van der Waals surface area contributed by atoms with Crippen molar-refractivity contribution >= 4 is 5.91 Å². The predicted molar refractivity (Wildman–Crippen MR) is 212 cm³/mol. The number of rotatable bonds is 31. The van der Waals surface area contributed by atoms with Crippen LogP contribution in [0.5, 0.6) is 0 Å². The Kier molecular flexibility index (Phi) is 27.6. The van der Waals surface area contributed by atoms with Crippen LogP contribution in [0.1, 0.15) is 142 Å². The summed E-state index contributed by atoms with van der Waals surface area (Å²) in [5, 5.41) is 85.7. The van der Waals surface area contributed by atoms with Crippen LogP contribution < -0.4 is 5.32 Å². The molecule has 1 amide bonds. The van der Waals surface area contributed by atoms with Crippen molar-refractivity contribution in [2.45, 2.75) is 216 Å². The fourth-order valence-corrected chi connectivity index (χ4v) is 7.03. The monoisotopic (exact) mass is 804 g/mol. The highest BCUT2D eigenvalue weighted by molar-refractivity contribution is 5.76. The summed E-state index contributed by atoms with van der Waals surface area (Å²) >= 11 is 0. The standard InChI is InChI=1S/C42H77NO13/c1-3-5-7-8-9-10-11-12-13-14-15-16-17-18-19-20-21-22-24-26-34(47)43-30(31(46)25-23-6-4-2)29-53-41-39(52)37(50)40(33(28-45)55-41)56-42-38(51)36(49)35(48)32(27-44)54-42/h9-10,12-13,30-33,35-42,44-46,48-52H,3-8,11,14-29H2,1-2H3,(H,43,47)/b10-9-,13-12-. The van der Waals surface area contributed by atoms with Crippen LogP contribution >= 0.6 is 0 Å². The van der Waals surface area contributed by atoms with E-state index in [1.54, 1.807) is 0 Å². The van der Waals surface area contributed by atoms with E-state index in [0.717, 1.165) is 57.8 Å². The Balaban J connectivity index is 1.73. The number of carbonyl (C=O) groups is 1. The molecule has 2 aliphatic rings. The van der Waals surface area contributed by atoms with E-state index < -0.39 is 86.8 Å². The molecule has 328 valence electrons. The van der Waals surface area contributed by atoms with E-state index in [9.17, 15) is 45.6 Å². The van der Waals surface area contributed by atoms with Gasteiger partial charge < -0.3 is 65.1 Å². The third-order valence-corrected chi connectivity index (χ3v) is 10.7. The number of aliphatic hydroxyl groups excluding tert-OH is 8. The van der Waals surface area contributed by atoms with Crippen molar-refractivity contribution in [1.29, 1.82) is 0 Å². The largest absolute Gasteiger partial charge is 0.394 e. The molecule has 9 N–H and O–H groups in total. The van der Waals surface area contributed by atoms with Gasteiger partial charge in [-0.3, -0.25) is 4.79 Å². The number of ether oxygens (including phenoxy) is 4. The molecule has 0 saturated carbocycles. The molecule has 0 spiro atoms. The van der Waals surface area contributed by atoms with Crippen molar-refractivity contribution < 1.29 is 64.6 Å². The summed E-state index contributed by atoms with van der Waals surface area (Å²) in [6.07, 6.45) is 13.0. The van der Waals surface area contributed by atoms with Gasteiger partial charge in [-0.05, 0) is 44.9 Å². The minimum absolute atomic E-state index is 0.225. The van der Waals surface area contributed by atoms with Gasteiger partial charge in [0.2, 0.25) is 5.91 Å². The zero-order chi connectivity index (χ0) is 41.1. The van der Waals surface area contributed by atoms with E-state index in [4.69, 9.17) is 18.9 Å². The van der Waals surface area contributed by atoms with E-state index in [1.165, 1.54) is 57.8 Å². The number of unbranched alkanes of at least 4 members (excludes halogenated alkanes) is 14. The smallest absolute Gasteiger partial charge is 0.220 e. The Bertz CT molecular complexity index is 1050. The lowest BCUT2D eigenvalue weighted by Crippen LogP contribution is -2.65. The molecular formula is C42H77NO13. The molecule has 12 unspecified atom stereocenters. The molecule has 0 aromatic heterocycles. The molecule has 2 rings (SSSR count). The van der Waals surface area contributed by atoms with Crippen molar-refractivity contribution in [2.75, 3.05) is 19.8 Å². The molecule has 0 radical (unpaired) electrons. The van der Waals surface area contributed by atoms with Gasteiger partial charge in [0.25, 0.3) is 0 Å². The minimum Gasteiger partial charge on any atom is -0.394 e. The maximum atomic E-state index is 12.9. The third kappa shape index (κ3) is 19.0. The van der Waals surface area contributed by atoms with Crippen molar-refractivity contribution in [3.05, 3.63) is 24.3 Å². The Hall–Kier alpha value is -1.53. The lowest BCUT2D eigenvalue weighted by atomic mass is 9.97. The van der Waals surface area contributed by atoms with E-state index in [1.807, 2.05) is 6.92 Å². The van der Waals surface area contributed by atoms with E-state index in [2.05, 4.69) is 36.5 Å². The summed E-state index contributed by atoms with van der Waals surface area (Å²) in [4.78, 5) is 12.9. The van der Waals surface area contributed by atoms with Crippen molar-refractivity contribution in [3.63, 3.8) is 0 Å². The van der Waals surface area contributed by atoms with Gasteiger partial charge >= 0.3 is 0 Å². The second-order valence-corrected chi connectivity index (χ2v) is 15.5. The zero-order valence-electron chi connectivity index (χ0n) is 34.1. The quantitative estimate of drug-likeness (QED) is 0.0362. The van der Waals surface area contributed by atoms with Crippen LogP contribution in [0.4, 0.5) is 0 Å². The van der Waals surface area contributed by atoms with Gasteiger partial charge in [0, 0.05) is 6.42 Å². The first kappa shape index (κ1) is 50.6. The maximum absolute atomic E-state index is 12.9. The van der Waals surface area contributed by atoms with Gasteiger partial charge in [0.15, 0.2) is 12.6 Å². The first-order valence-corrected chi connectivity index (χ1v) is 21.6. The molecule has 2 aliphatic heterocycles. The third-order valence-electron chi connectivity index (χ3n) is 10.7. The van der Waals surface area contributed by atoms with Crippen molar-refractivity contribution in [1.82, 2.24) is 5.32 Å². The van der Waals surface area contributed by atoms with Crippen molar-refractivity contribution in [3.8, 4) is 0 Å². The molecule has 0 bridgehead atoms. The van der Waals surface area contributed by atoms with Crippen LogP contribution in [-0.4, -0.2) is 140 Å². The average Bonchev–Trinajstić information content (AvgIpc) is 3.19. The van der Waals surface area contributed by atoms with Gasteiger partial charge in [0.05, 0.1) is 32.0 Å². The van der Waals surface area contributed by atoms with Crippen molar-refractivity contribution in [2.24, 2.45) is 0 Å². The van der Waals surface area contributed by atoms with Crippen LogP contribution in [-0.2, 0) is 23.7 Å². The number of amides is 1. The lowest BCUT2D eigenvalue weighted by Gasteiger charge is -2.46. The summed E-state index contributed by atoms with van der Waals surface area (Å²) < 4.78 is 22.5. The summed E-state index contributed by atoms with van der Waals surface area (Å²) in [5.74, 6) is -0.225. The van der Waals surface area contributed by atoms with Crippen LogP contribution in [0, 0.1) is 0 Å². The Morgan fingerprint density at radius 1 is 0.643 bits per heavy atom. The summed E-state index contributed by atoms with van der Waals surface area (Å²) in [6, 6.07) is -0.824. The van der Waals surface area contributed by atoms with Gasteiger partial charge in [-0.25, -0.2) is 0 Å². The Morgan fingerprint density at radius 3 is 1.79 bits per heavy atom. The minimum atomic E-state index is -1.78. The molecule has 0 aromatic carbocycles. The van der Waals surface area contributed by atoms with Gasteiger partial charge in [-0.2, -0.15) is 0 Å². The number of aliphatic hydroxyl groups is 8. The van der Waals surface area contributed by atoms with E-state index >= 15 is 0 Å². The Morgan fingerprint density at radius 2 is 1.18 bits per heavy atom. The maximum Gasteiger partial charge on any atom is 0.220 e. The second-order valence-electron chi connectivity index (χ2n) is 15.5. The summed E-state index contributed by atoms with van der Waals surface area (Å²) in [5.41, 5.74) is 0. The molecule has 2 heterocycles. The number of hydrogen-bond donors (Lipinski definition) is 9. The predicted octanol–water partition coefficient (Wildman–Crippen LogP) is 3.43. The molecule has 12 atom stereocenters. The van der Waals surface area contributed by atoms with Gasteiger partial charge in [-0.1, -0.05) is 115 Å². The second kappa shape index (κ2) is 30.5. The van der Waals surface area contributed by atoms with Crippen LogP contribution in [0.15, 0.2) is 24.3 Å². The van der Waals surface area contributed by atoms with Gasteiger partial charge in [0.1, 0.15) is 48.8 Å². The normalized spacial score (nSPS) is 29.6. The van der Waals surface area contributed by atoms with Crippen LogP contribution in [0.25, 0.3) is 0 Å². The first-order chi connectivity index (χ1) is 27.1. The first-order valence-electron chi connectivity index (χ1n) is 21.6. The van der Waals surface area contributed by atoms with E-state index in [0.29, 0.717) is 12.8 Å². The van der Waals surface area contributed by atoms with Crippen LogP contribution in [0.3, 0.4) is 0 Å². The summed E-state index contributed by atoms with van der Waals surface area (Å²) in [7, 11) is 0. The SMILES string of the molecule is CCCCC/C=C\C/C=C\CCCCCCCCCCCC(=O)NC(COC1OC(CO)C(OC2OC(CO)C(O)C(O)C2O)C(O)C1O)C(O)CCCCC. The number of allylic oxidation sites excluding steroid dienone is 4. The van der Waals surface area contributed by atoms with E-state index in [-0.39, 0.29) is 12.5 Å². The molecule has 0 aromatic rings. The molecular weight excluding hydrogens is 726 g/mol. The number of nitrogens with one attached hydrogen (secondary N) is 1. The molecule has 0 aliphatic carbocycles. The number of hydrogen-bond acceptors (Lipinski definition) is 13. The summed E-state index contributed by atoms with van der Waals surface area (Å²) in [6.45, 7) is 2.61. The molecule has 2 fully saturated rings. The zero-order valence-corrected chi connectivity index (χ0v) is 34.1. The average molecular weight is 804 g/mol. The highest BCUT2D eigenvalue weighted by atomic mass is 16.7. The highest BCUT2D eigenvalue weighted by Gasteiger charge is 2.50. The molecule has 14 heteroatoms. The van der Waals surface area contributed by atoms with Gasteiger partial charge in [-0.15, -0.1) is 0 Å². The topological polar surface area (TPSA) is 228 Å². The molecule has 2 saturated heterocycles. The fourth-order valence-electron chi connectivity index (χ4n) is 7.03. The fraction of sp³-hybridized carbons (Fsp3) is 0.881. The molecule has 14 nitrogen and oxygen atoms in total. The van der Waals surface area contributed by atoms with Crippen LogP contribution in [0.2, 0.25) is 0 Å². The highest BCUT2D eigenvalue weighted by Crippen LogP contribution is 2.30. The lowest BCUT2D eigenvalue weighted by molar-refractivity contribution is -0.359. The molecule has 56 heavy (non-hydrogen) atoms. The number of carbonyl (C=O) groups excluding carboxylic acids is 1.